The van der Waals surface area contributed by atoms with Crippen LogP contribution in [0.25, 0.3) is 0 Å². The summed E-state index contributed by atoms with van der Waals surface area (Å²) >= 11 is 12.3. The molecule has 3 aromatic rings. The molecule has 1 atom stereocenters. The van der Waals surface area contributed by atoms with Crippen LogP contribution < -0.4 is 15.0 Å². The van der Waals surface area contributed by atoms with Crippen molar-refractivity contribution in [1.29, 1.82) is 0 Å². The van der Waals surface area contributed by atoms with E-state index in [0.29, 0.717) is 29.3 Å². The summed E-state index contributed by atoms with van der Waals surface area (Å²) in [4.78, 5) is 40.4. The van der Waals surface area contributed by atoms with E-state index < -0.39 is 23.2 Å². The largest absolute Gasteiger partial charge is 0.491 e. The van der Waals surface area contributed by atoms with E-state index in [0.717, 1.165) is 12.0 Å². The number of aliphatic carboxylic acids is 1. The highest BCUT2D eigenvalue weighted by atomic mass is 35.5. The third-order valence-corrected chi connectivity index (χ3v) is 7.25. The first-order valence-electron chi connectivity index (χ1n) is 13.9. The van der Waals surface area contributed by atoms with E-state index in [-0.39, 0.29) is 34.0 Å². The zero-order chi connectivity index (χ0) is 31.2. The average molecular weight is 614 g/mol. The summed E-state index contributed by atoms with van der Waals surface area (Å²) in [7, 11) is 0. The van der Waals surface area contributed by atoms with Gasteiger partial charge in [-0.05, 0) is 74.2 Å². The van der Waals surface area contributed by atoms with Crippen molar-refractivity contribution in [2.45, 2.75) is 66.3 Å². The molecular weight excluding hydrogens is 575 g/mol. The molecule has 3 rings (SSSR count). The molecule has 1 unspecified atom stereocenters. The molecule has 0 spiro atoms. The van der Waals surface area contributed by atoms with Crippen LogP contribution in [0.1, 0.15) is 75.4 Å². The first kappa shape index (κ1) is 33.0. The predicted octanol–water partition coefficient (Wildman–Crippen LogP) is 8.23. The van der Waals surface area contributed by atoms with Crippen LogP contribution in [-0.4, -0.2) is 35.5 Å². The van der Waals surface area contributed by atoms with Gasteiger partial charge in [0.2, 0.25) is 5.91 Å². The van der Waals surface area contributed by atoms with Gasteiger partial charge in [-0.25, -0.2) is 0 Å². The highest BCUT2D eigenvalue weighted by Gasteiger charge is 2.33. The number of nitrogens with zero attached hydrogens (tertiary/aromatic N) is 1. The van der Waals surface area contributed by atoms with E-state index in [2.05, 4.69) is 5.32 Å². The highest BCUT2D eigenvalue weighted by Crippen LogP contribution is 2.37. The number of carbonyl (C=O) groups is 3. The van der Waals surface area contributed by atoms with Gasteiger partial charge < -0.3 is 20.1 Å². The maximum atomic E-state index is 13.5. The molecule has 9 heteroatoms. The lowest BCUT2D eigenvalue weighted by Gasteiger charge is -2.34. The summed E-state index contributed by atoms with van der Waals surface area (Å²) in [6.45, 7) is 11.9. The molecule has 0 fully saturated rings. The fourth-order valence-electron chi connectivity index (χ4n) is 4.47. The van der Waals surface area contributed by atoms with Crippen molar-refractivity contribution in [3.8, 4) is 5.75 Å². The standard InChI is InChI=1S/C33H38Cl2N2O5/c1-7-17-42-28-16-13-22(19-27(28)37(20(2)3)32(41)33(4,5)6)24(31(39)40)18-21-11-14-23(15-12-21)36-30(38)29-25(34)9-8-10-26(29)35/h8-16,19-20,24H,7,17-18H2,1-6H3,(H,36,38)(H,39,40). The number of hydrogen-bond acceptors (Lipinski definition) is 4. The van der Waals surface area contributed by atoms with E-state index >= 15 is 0 Å². The number of hydrogen-bond donors (Lipinski definition) is 2. The molecule has 0 radical (unpaired) electrons. The predicted molar refractivity (Wildman–Crippen MR) is 169 cm³/mol. The Bertz CT molecular complexity index is 1410. The summed E-state index contributed by atoms with van der Waals surface area (Å²) < 4.78 is 5.99. The number of anilines is 2. The second kappa shape index (κ2) is 14.1. The normalized spacial score (nSPS) is 12.1. The maximum absolute atomic E-state index is 13.5. The van der Waals surface area contributed by atoms with Crippen LogP contribution in [-0.2, 0) is 16.0 Å². The second-order valence-electron chi connectivity index (χ2n) is 11.4. The summed E-state index contributed by atoms with van der Waals surface area (Å²) in [6, 6.07) is 16.8. The minimum atomic E-state index is -0.993. The number of ether oxygens (including phenoxy) is 1. The monoisotopic (exact) mass is 612 g/mol. The molecule has 0 bridgehead atoms. The van der Waals surface area contributed by atoms with Gasteiger partial charge in [0.1, 0.15) is 5.75 Å². The van der Waals surface area contributed by atoms with Crippen molar-refractivity contribution in [3.05, 3.63) is 87.4 Å². The molecule has 0 aliphatic heterocycles. The summed E-state index contributed by atoms with van der Waals surface area (Å²) in [5.41, 5.74) is 1.91. The van der Waals surface area contributed by atoms with Crippen LogP contribution in [0.2, 0.25) is 10.0 Å². The smallest absolute Gasteiger partial charge is 0.311 e. The Labute approximate surface area is 257 Å². The topological polar surface area (TPSA) is 95.9 Å². The second-order valence-corrected chi connectivity index (χ2v) is 12.3. The fraction of sp³-hybridized carbons (Fsp3) is 0.364. The van der Waals surface area contributed by atoms with E-state index in [1.165, 1.54) is 0 Å². The van der Waals surface area contributed by atoms with Gasteiger partial charge >= 0.3 is 5.97 Å². The molecule has 0 aromatic heterocycles. The number of carboxylic acid groups (broad SMARTS) is 1. The van der Waals surface area contributed by atoms with Gasteiger partial charge in [0.25, 0.3) is 5.91 Å². The maximum Gasteiger partial charge on any atom is 0.311 e. The lowest BCUT2D eigenvalue weighted by Crippen LogP contribution is -2.44. The van der Waals surface area contributed by atoms with Gasteiger partial charge in [-0.3, -0.25) is 14.4 Å². The lowest BCUT2D eigenvalue weighted by atomic mass is 9.90. The first-order chi connectivity index (χ1) is 19.7. The third-order valence-electron chi connectivity index (χ3n) is 6.62. The van der Waals surface area contributed by atoms with Crippen LogP contribution in [0.15, 0.2) is 60.7 Å². The average Bonchev–Trinajstić information content (AvgIpc) is 2.91. The number of halogens is 2. The van der Waals surface area contributed by atoms with E-state index in [1.807, 2.05) is 41.5 Å². The van der Waals surface area contributed by atoms with Gasteiger partial charge in [0, 0.05) is 17.1 Å². The Morgan fingerprint density at radius 3 is 2.12 bits per heavy atom. The molecule has 2 N–H and O–H groups in total. The number of carboxylic acids is 1. The molecule has 224 valence electrons. The van der Waals surface area contributed by atoms with Crippen molar-refractivity contribution in [3.63, 3.8) is 0 Å². The summed E-state index contributed by atoms with van der Waals surface area (Å²) in [5.74, 6) is -1.87. The zero-order valence-electron chi connectivity index (χ0n) is 24.8. The number of rotatable bonds is 11. The van der Waals surface area contributed by atoms with Crippen molar-refractivity contribution in [1.82, 2.24) is 0 Å². The third kappa shape index (κ3) is 8.05. The van der Waals surface area contributed by atoms with Crippen LogP contribution in [0.5, 0.6) is 5.75 Å². The minimum absolute atomic E-state index is 0.0846. The Morgan fingerprint density at radius 2 is 1.60 bits per heavy atom. The molecule has 0 saturated carbocycles. The number of benzene rings is 3. The molecule has 0 aliphatic rings. The van der Waals surface area contributed by atoms with Crippen LogP contribution in [0, 0.1) is 5.41 Å². The van der Waals surface area contributed by atoms with Crippen molar-refractivity contribution >= 4 is 52.4 Å². The molecule has 42 heavy (non-hydrogen) atoms. The Morgan fingerprint density at radius 1 is 0.976 bits per heavy atom. The molecule has 3 aromatic carbocycles. The Kier molecular flexibility index (Phi) is 11.0. The van der Waals surface area contributed by atoms with E-state index in [1.54, 1.807) is 65.6 Å². The first-order valence-corrected chi connectivity index (χ1v) is 14.7. The van der Waals surface area contributed by atoms with Gasteiger partial charge in [0.05, 0.1) is 33.8 Å². The van der Waals surface area contributed by atoms with Crippen LogP contribution in [0.4, 0.5) is 11.4 Å². The minimum Gasteiger partial charge on any atom is -0.491 e. The number of carbonyl (C=O) groups excluding carboxylic acids is 2. The SMILES string of the molecule is CCCOc1ccc(C(Cc2ccc(NC(=O)c3c(Cl)cccc3Cl)cc2)C(=O)O)cc1N(C(=O)C(C)(C)C)C(C)C. The molecule has 0 saturated heterocycles. The van der Waals surface area contributed by atoms with Crippen LogP contribution >= 0.6 is 23.2 Å². The highest BCUT2D eigenvalue weighted by molar-refractivity contribution is 6.40. The molecule has 7 nitrogen and oxygen atoms in total. The lowest BCUT2D eigenvalue weighted by molar-refractivity contribution is -0.138. The Balaban J connectivity index is 1.91. The van der Waals surface area contributed by atoms with Gasteiger partial charge in [0.15, 0.2) is 0 Å². The van der Waals surface area contributed by atoms with Gasteiger partial charge in [-0.1, -0.05) is 75.2 Å². The van der Waals surface area contributed by atoms with E-state index in [9.17, 15) is 19.5 Å². The molecular formula is C33H38Cl2N2O5. The van der Waals surface area contributed by atoms with Crippen molar-refractivity contribution < 1.29 is 24.2 Å². The van der Waals surface area contributed by atoms with Crippen molar-refractivity contribution in [2.75, 3.05) is 16.8 Å². The Hall–Kier alpha value is -3.55. The van der Waals surface area contributed by atoms with E-state index in [4.69, 9.17) is 27.9 Å². The quantitative estimate of drug-likeness (QED) is 0.227. The fourth-order valence-corrected chi connectivity index (χ4v) is 5.04. The van der Waals surface area contributed by atoms with Crippen LogP contribution in [0.3, 0.4) is 0 Å². The van der Waals surface area contributed by atoms with Crippen molar-refractivity contribution in [2.24, 2.45) is 5.41 Å². The number of nitrogens with one attached hydrogen (secondary N) is 1. The molecule has 0 aliphatic carbocycles. The number of amides is 2. The summed E-state index contributed by atoms with van der Waals surface area (Å²) in [5, 5.41) is 13.5. The van der Waals surface area contributed by atoms with Gasteiger partial charge in [-0.15, -0.1) is 0 Å². The van der Waals surface area contributed by atoms with Gasteiger partial charge in [-0.2, -0.15) is 0 Å². The molecule has 2 amide bonds. The summed E-state index contributed by atoms with van der Waals surface area (Å²) in [6.07, 6.45) is 0.985. The zero-order valence-corrected chi connectivity index (χ0v) is 26.3. The molecule has 0 heterocycles.